The Morgan fingerprint density at radius 1 is 0.778 bits per heavy atom. The molecule has 0 saturated carbocycles. The molecule has 0 aliphatic heterocycles. The van der Waals surface area contributed by atoms with E-state index in [1.165, 1.54) is 0 Å². The number of carbonyl (C=O) groups is 3. The Balaban J connectivity index is 4.58. The number of carboxylic acid groups (broad SMARTS) is 3. The van der Waals surface area contributed by atoms with Crippen LogP contribution in [0.1, 0.15) is 71.1 Å². The maximum atomic E-state index is 11.0. The first kappa shape index (κ1) is 25.1. The summed E-state index contributed by atoms with van der Waals surface area (Å²) in [5, 5.41) is 28.9. The van der Waals surface area contributed by atoms with Crippen LogP contribution in [0.4, 0.5) is 0 Å². The van der Waals surface area contributed by atoms with Gasteiger partial charge in [0.25, 0.3) is 0 Å². The molecule has 0 aromatic heterocycles. The smallest absolute Gasteiger partial charge is 0.309 e. The zero-order valence-corrected chi connectivity index (χ0v) is 16.5. The molecule has 0 aliphatic rings. The minimum Gasteiger partial charge on any atom is -0.550 e. The number of nitrogens with zero attached hydrogens (tertiary/aromatic N) is 1. The fraction of sp³-hybridized carbons (Fsp3) is 0.750. The lowest BCUT2D eigenvalue weighted by Gasteiger charge is -2.38. The molecular weight excluding hydrogens is 350 g/mol. The van der Waals surface area contributed by atoms with Gasteiger partial charge in [-0.15, -0.1) is 0 Å². The van der Waals surface area contributed by atoms with Crippen LogP contribution in [0.3, 0.4) is 0 Å². The SMILES string of the molecule is CC/C=C/CCCCCCC[N+](CCC(=O)[O-])(CCC(=O)O)CCC(=O)O. The summed E-state index contributed by atoms with van der Waals surface area (Å²) in [6.45, 7) is 3.42. The van der Waals surface area contributed by atoms with Gasteiger partial charge in [0.2, 0.25) is 0 Å². The molecular formula is C20H35NO6. The number of rotatable bonds is 18. The average Bonchev–Trinajstić information content (AvgIpc) is 2.61. The normalized spacial score (nSPS) is 11.7. The Morgan fingerprint density at radius 3 is 1.81 bits per heavy atom. The Bertz CT molecular complexity index is 430. The van der Waals surface area contributed by atoms with Crippen LogP contribution in [0.5, 0.6) is 0 Å². The van der Waals surface area contributed by atoms with Gasteiger partial charge in [0.15, 0.2) is 0 Å². The molecule has 0 rings (SSSR count). The van der Waals surface area contributed by atoms with E-state index in [1.807, 2.05) is 0 Å². The van der Waals surface area contributed by atoms with Crippen molar-refractivity contribution in [3.05, 3.63) is 12.2 Å². The van der Waals surface area contributed by atoms with Crippen molar-refractivity contribution >= 4 is 17.9 Å². The molecule has 7 heteroatoms. The molecule has 0 radical (unpaired) electrons. The topological polar surface area (TPSA) is 115 Å². The molecule has 27 heavy (non-hydrogen) atoms. The summed E-state index contributed by atoms with van der Waals surface area (Å²) in [4.78, 5) is 32.9. The molecule has 7 nitrogen and oxygen atoms in total. The summed E-state index contributed by atoms with van der Waals surface area (Å²) < 4.78 is 0.214. The first-order valence-electron chi connectivity index (χ1n) is 9.95. The van der Waals surface area contributed by atoms with E-state index >= 15 is 0 Å². The van der Waals surface area contributed by atoms with Crippen molar-refractivity contribution in [3.63, 3.8) is 0 Å². The van der Waals surface area contributed by atoms with Crippen LogP contribution in [-0.2, 0) is 14.4 Å². The van der Waals surface area contributed by atoms with Gasteiger partial charge in [0.05, 0.1) is 39.0 Å². The zero-order chi connectivity index (χ0) is 20.5. The average molecular weight is 386 g/mol. The second-order valence-electron chi connectivity index (χ2n) is 7.08. The Labute approximate surface area is 162 Å². The predicted molar refractivity (Wildman–Crippen MR) is 101 cm³/mol. The summed E-state index contributed by atoms with van der Waals surface area (Å²) in [7, 11) is 0. The molecule has 0 atom stereocenters. The molecule has 156 valence electrons. The summed E-state index contributed by atoms with van der Waals surface area (Å²) in [5.74, 6) is -3.11. The lowest BCUT2D eigenvalue weighted by Crippen LogP contribution is -2.53. The lowest BCUT2D eigenvalue weighted by molar-refractivity contribution is -0.927. The fourth-order valence-electron chi connectivity index (χ4n) is 3.19. The van der Waals surface area contributed by atoms with Gasteiger partial charge in [-0.25, -0.2) is 0 Å². The van der Waals surface area contributed by atoms with Crippen molar-refractivity contribution in [2.75, 3.05) is 26.2 Å². The van der Waals surface area contributed by atoms with Crippen molar-refractivity contribution in [3.8, 4) is 0 Å². The standard InChI is InChI=1S/C20H35NO6/c1-2-3-4-5-6-7-8-9-10-14-21(15-11-18(22)23,16-12-19(24)25)17-13-20(26)27/h3-4H,2,5-17H2,1H3,(H2-,22,23,24,25,26,27)/b4-3+. The molecule has 0 aliphatic carbocycles. The van der Waals surface area contributed by atoms with Crippen LogP contribution in [0.15, 0.2) is 12.2 Å². The molecule has 0 saturated heterocycles. The van der Waals surface area contributed by atoms with Crippen LogP contribution in [0.2, 0.25) is 0 Å². The molecule has 2 N–H and O–H groups in total. The van der Waals surface area contributed by atoms with Gasteiger partial charge in [-0.3, -0.25) is 9.59 Å². The van der Waals surface area contributed by atoms with Crippen molar-refractivity contribution in [2.24, 2.45) is 0 Å². The van der Waals surface area contributed by atoms with E-state index in [4.69, 9.17) is 10.2 Å². The predicted octanol–water partition coefficient (Wildman–Crippen LogP) is 2.20. The number of quaternary nitrogens is 1. The van der Waals surface area contributed by atoms with Gasteiger partial charge in [0, 0.05) is 12.4 Å². The summed E-state index contributed by atoms with van der Waals surface area (Å²) in [6, 6.07) is 0. The fourth-order valence-corrected chi connectivity index (χ4v) is 3.19. The Kier molecular flexibility index (Phi) is 14.1. The van der Waals surface area contributed by atoms with Gasteiger partial charge in [-0.2, -0.15) is 0 Å². The second-order valence-corrected chi connectivity index (χ2v) is 7.08. The highest BCUT2D eigenvalue weighted by Gasteiger charge is 2.28. The highest BCUT2D eigenvalue weighted by atomic mass is 16.4. The van der Waals surface area contributed by atoms with E-state index in [0.717, 1.165) is 44.9 Å². The van der Waals surface area contributed by atoms with E-state index in [-0.39, 0.29) is 43.4 Å². The van der Waals surface area contributed by atoms with E-state index in [1.54, 1.807) is 0 Å². The van der Waals surface area contributed by atoms with E-state index in [0.29, 0.717) is 6.54 Å². The van der Waals surface area contributed by atoms with Gasteiger partial charge < -0.3 is 24.6 Å². The highest BCUT2D eigenvalue weighted by molar-refractivity contribution is 5.67. The minimum absolute atomic E-state index is 0.101. The first-order chi connectivity index (χ1) is 12.8. The molecule has 0 heterocycles. The van der Waals surface area contributed by atoms with E-state index in [9.17, 15) is 19.5 Å². The Hall–Kier alpha value is -1.89. The molecule has 0 spiro atoms. The van der Waals surface area contributed by atoms with E-state index < -0.39 is 17.9 Å². The monoisotopic (exact) mass is 385 g/mol. The van der Waals surface area contributed by atoms with Gasteiger partial charge in [0.1, 0.15) is 0 Å². The van der Waals surface area contributed by atoms with Crippen molar-refractivity contribution < 1.29 is 34.2 Å². The maximum absolute atomic E-state index is 11.0. The number of carboxylic acids is 3. The van der Waals surface area contributed by atoms with Crippen LogP contribution >= 0.6 is 0 Å². The van der Waals surface area contributed by atoms with Gasteiger partial charge in [-0.05, 0) is 32.1 Å². The van der Waals surface area contributed by atoms with Crippen molar-refractivity contribution in [1.29, 1.82) is 0 Å². The van der Waals surface area contributed by atoms with Crippen molar-refractivity contribution in [2.45, 2.75) is 71.1 Å². The number of unbranched alkanes of at least 4 members (excludes halogenated alkanes) is 5. The molecule has 0 unspecified atom stereocenters. The summed E-state index contributed by atoms with van der Waals surface area (Å²) >= 11 is 0. The molecule has 0 bridgehead atoms. The summed E-state index contributed by atoms with van der Waals surface area (Å²) in [5.41, 5.74) is 0. The second kappa shape index (κ2) is 15.2. The van der Waals surface area contributed by atoms with Crippen molar-refractivity contribution in [1.82, 2.24) is 0 Å². The number of allylic oxidation sites excluding steroid dienone is 2. The lowest BCUT2D eigenvalue weighted by atomic mass is 10.1. The molecule has 0 aromatic carbocycles. The Morgan fingerprint density at radius 2 is 1.30 bits per heavy atom. The molecule has 0 fully saturated rings. The van der Waals surface area contributed by atoms with Crippen LogP contribution in [0, 0.1) is 0 Å². The number of hydrogen-bond donors (Lipinski definition) is 2. The van der Waals surface area contributed by atoms with Gasteiger partial charge >= 0.3 is 11.9 Å². The third kappa shape index (κ3) is 14.9. The maximum Gasteiger partial charge on any atom is 0.309 e. The van der Waals surface area contributed by atoms with Crippen LogP contribution in [-0.4, -0.2) is 58.8 Å². The largest absolute Gasteiger partial charge is 0.550 e. The number of aliphatic carboxylic acids is 3. The molecule has 0 amide bonds. The number of hydrogen-bond acceptors (Lipinski definition) is 4. The van der Waals surface area contributed by atoms with Crippen LogP contribution in [0.25, 0.3) is 0 Å². The highest BCUT2D eigenvalue weighted by Crippen LogP contribution is 2.16. The third-order valence-corrected chi connectivity index (χ3v) is 4.80. The zero-order valence-electron chi connectivity index (χ0n) is 16.5. The quantitative estimate of drug-likeness (QED) is 0.212. The number of carbonyl (C=O) groups excluding carboxylic acids is 1. The minimum atomic E-state index is -1.19. The molecule has 0 aromatic rings. The summed E-state index contributed by atoms with van der Waals surface area (Å²) in [6.07, 6.45) is 11.2. The van der Waals surface area contributed by atoms with Crippen LogP contribution < -0.4 is 5.11 Å². The van der Waals surface area contributed by atoms with E-state index in [2.05, 4.69) is 19.1 Å². The third-order valence-electron chi connectivity index (χ3n) is 4.80. The van der Waals surface area contributed by atoms with Gasteiger partial charge in [-0.1, -0.05) is 31.9 Å². The first-order valence-corrected chi connectivity index (χ1v) is 9.95.